The summed E-state index contributed by atoms with van der Waals surface area (Å²) in [5, 5.41) is 10.4. The van der Waals surface area contributed by atoms with Gasteiger partial charge in [-0.05, 0) is 24.6 Å². The maximum atomic E-state index is 9.31. The van der Waals surface area contributed by atoms with Crippen LogP contribution in [-0.4, -0.2) is 11.2 Å². The molecule has 2 nitrogen and oxygen atoms in total. The Morgan fingerprint density at radius 3 is 2.27 bits per heavy atom. The standard InChI is InChI=1S/C9H10Cl3NO.ClH/c1-4(14)9(13)6-2-5(10)3-7(11)8(6)12;/h2-4,9,14H,13H2,1H3;1H/t4-,9-;/m1./s1. The summed E-state index contributed by atoms with van der Waals surface area (Å²) in [6, 6.07) is 2.55. The first-order valence-corrected chi connectivity index (χ1v) is 5.15. The molecule has 1 aromatic rings. The highest BCUT2D eigenvalue weighted by Crippen LogP contribution is 2.33. The highest BCUT2D eigenvalue weighted by Gasteiger charge is 2.17. The van der Waals surface area contributed by atoms with Crippen molar-refractivity contribution in [1.82, 2.24) is 0 Å². The van der Waals surface area contributed by atoms with E-state index in [0.29, 0.717) is 20.6 Å². The number of hydrogen-bond acceptors (Lipinski definition) is 2. The second-order valence-electron chi connectivity index (χ2n) is 3.06. The molecule has 1 aromatic carbocycles. The van der Waals surface area contributed by atoms with E-state index in [-0.39, 0.29) is 12.4 Å². The Morgan fingerprint density at radius 1 is 1.27 bits per heavy atom. The van der Waals surface area contributed by atoms with Crippen LogP contribution in [0.1, 0.15) is 18.5 Å². The minimum absolute atomic E-state index is 0. The summed E-state index contributed by atoms with van der Waals surface area (Å²) in [6.45, 7) is 1.58. The summed E-state index contributed by atoms with van der Waals surface area (Å²) < 4.78 is 0. The van der Waals surface area contributed by atoms with Crippen LogP contribution in [0.25, 0.3) is 0 Å². The molecule has 0 bridgehead atoms. The number of aliphatic hydroxyl groups is 1. The second kappa shape index (κ2) is 6.14. The van der Waals surface area contributed by atoms with Crippen molar-refractivity contribution in [2.75, 3.05) is 0 Å². The molecule has 6 heteroatoms. The fourth-order valence-electron chi connectivity index (χ4n) is 1.08. The van der Waals surface area contributed by atoms with Crippen LogP contribution in [0.3, 0.4) is 0 Å². The van der Waals surface area contributed by atoms with Gasteiger partial charge in [0.1, 0.15) is 0 Å². The van der Waals surface area contributed by atoms with Crippen LogP contribution in [0.4, 0.5) is 0 Å². The third-order valence-corrected chi connectivity index (χ3v) is 2.93. The largest absolute Gasteiger partial charge is 0.391 e. The van der Waals surface area contributed by atoms with Crippen molar-refractivity contribution in [3.05, 3.63) is 32.8 Å². The molecule has 1 rings (SSSR count). The van der Waals surface area contributed by atoms with E-state index in [4.69, 9.17) is 40.5 Å². The zero-order chi connectivity index (χ0) is 10.9. The Balaban J connectivity index is 0.00000196. The van der Waals surface area contributed by atoms with Crippen molar-refractivity contribution in [3.8, 4) is 0 Å². The number of rotatable bonds is 2. The Labute approximate surface area is 110 Å². The summed E-state index contributed by atoms with van der Waals surface area (Å²) in [4.78, 5) is 0. The molecule has 0 fully saturated rings. The van der Waals surface area contributed by atoms with Gasteiger partial charge in [-0.1, -0.05) is 34.8 Å². The number of aliphatic hydroxyl groups excluding tert-OH is 1. The number of nitrogens with two attached hydrogens (primary N) is 1. The lowest BCUT2D eigenvalue weighted by molar-refractivity contribution is 0.164. The number of hydrogen-bond donors (Lipinski definition) is 2. The summed E-state index contributed by atoms with van der Waals surface area (Å²) in [5.74, 6) is 0. The molecule has 0 spiro atoms. The first-order chi connectivity index (χ1) is 6.43. The van der Waals surface area contributed by atoms with E-state index in [2.05, 4.69) is 0 Å². The van der Waals surface area contributed by atoms with E-state index in [1.807, 2.05) is 0 Å². The summed E-state index contributed by atoms with van der Waals surface area (Å²) in [7, 11) is 0. The van der Waals surface area contributed by atoms with Crippen LogP contribution in [0.15, 0.2) is 12.1 Å². The molecule has 0 aromatic heterocycles. The fraction of sp³-hybridized carbons (Fsp3) is 0.333. The molecule has 0 saturated heterocycles. The Hall–Kier alpha value is 0.300. The van der Waals surface area contributed by atoms with Gasteiger partial charge in [0.2, 0.25) is 0 Å². The summed E-state index contributed by atoms with van der Waals surface area (Å²) in [6.07, 6.45) is -0.706. The molecule has 2 atom stereocenters. The van der Waals surface area contributed by atoms with Crippen LogP contribution < -0.4 is 5.73 Å². The molecule has 0 aliphatic rings. The van der Waals surface area contributed by atoms with Gasteiger partial charge in [0.25, 0.3) is 0 Å². The quantitative estimate of drug-likeness (QED) is 0.820. The average Bonchev–Trinajstić information content (AvgIpc) is 2.09. The maximum Gasteiger partial charge on any atom is 0.0705 e. The first kappa shape index (κ1) is 15.3. The van der Waals surface area contributed by atoms with Gasteiger partial charge in [0.15, 0.2) is 0 Å². The van der Waals surface area contributed by atoms with Crippen LogP contribution in [0, 0.1) is 0 Å². The van der Waals surface area contributed by atoms with Crippen molar-refractivity contribution in [2.24, 2.45) is 5.73 Å². The molecule has 0 radical (unpaired) electrons. The van der Waals surface area contributed by atoms with Gasteiger partial charge in [0, 0.05) is 5.02 Å². The number of benzene rings is 1. The molecule has 0 aliphatic carbocycles. The predicted octanol–water partition coefficient (Wildman–Crippen LogP) is 3.45. The highest BCUT2D eigenvalue weighted by molar-refractivity contribution is 6.43. The zero-order valence-electron chi connectivity index (χ0n) is 7.88. The SMILES string of the molecule is C[C@@H](O)[C@@H](N)c1cc(Cl)cc(Cl)c1Cl.Cl. The molecule has 86 valence electrons. The molecular formula is C9H11Cl4NO. The second-order valence-corrected chi connectivity index (χ2v) is 4.28. The molecule has 0 heterocycles. The summed E-state index contributed by atoms with van der Waals surface area (Å²) >= 11 is 17.5. The maximum absolute atomic E-state index is 9.31. The zero-order valence-corrected chi connectivity index (χ0v) is 11.0. The minimum atomic E-state index is -0.706. The summed E-state index contributed by atoms with van der Waals surface area (Å²) in [5.41, 5.74) is 6.28. The van der Waals surface area contributed by atoms with Crippen LogP contribution in [-0.2, 0) is 0 Å². The van der Waals surface area contributed by atoms with Gasteiger partial charge >= 0.3 is 0 Å². The van der Waals surface area contributed by atoms with E-state index in [0.717, 1.165) is 0 Å². The van der Waals surface area contributed by atoms with Crippen LogP contribution in [0.2, 0.25) is 15.1 Å². The average molecular weight is 291 g/mol. The molecule has 3 N–H and O–H groups in total. The normalized spacial score (nSPS) is 14.3. The van der Waals surface area contributed by atoms with Crippen molar-refractivity contribution < 1.29 is 5.11 Å². The smallest absolute Gasteiger partial charge is 0.0705 e. The Bertz CT molecular complexity index is 343. The van der Waals surface area contributed by atoms with Crippen LogP contribution >= 0.6 is 47.2 Å². The van der Waals surface area contributed by atoms with Gasteiger partial charge in [-0.2, -0.15) is 0 Å². The van der Waals surface area contributed by atoms with E-state index in [1.54, 1.807) is 13.0 Å². The lowest BCUT2D eigenvalue weighted by atomic mass is 10.0. The van der Waals surface area contributed by atoms with Gasteiger partial charge in [-0.25, -0.2) is 0 Å². The first-order valence-electron chi connectivity index (χ1n) is 4.01. The highest BCUT2D eigenvalue weighted by atomic mass is 35.5. The van der Waals surface area contributed by atoms with E-state index in [9.17, 15) is 5.11 Å². The van der Waals surface area contributed by atoms with Gasteiger partial charge < -0.3 is 10.8 Å². The lowest BCUT2D eigenvalue weighted by Crippen LogP contribution is -2.23. The van der Waals surface area contributed by atoms with Gasteiger partial charge in [-0.3, -0.25) is 0 Å². The topological polar surface area (TPSA) is 46.2 Å². The van der Waals surface area contributed by atoms with Gasteiger partial charge in [-0.15, -0.1) is 12.4 Å². The Morgan fingerprint density at radius 2 is 1.80 bits per heavy atom. The molecule has 15 heavy (non-hydrogen) atoms. The van der Waals surface area contributed by atoms with E-state index in [1.165, 1.54) is 6.07 Å². The monoisotopic (exact) mass is 289 g/mol. The molecule has 0 unspecified atom stereocenters. The molecular weight excluding hydrogens is 280 g/mol. The molecule has 0 saturated carbocycles. The van der Waals surface area contributed by atoms with Gasteiger partial charge in [0.05, 0.1) is 22.2 Å². The third kappa shape index (κ3) is 3.66. The molecule has 0 aliphatic heterocycles. The lowest BCUT2D eigenvalue weighted by Gasteiger charge is -2.17. The van der Waals surface area contributed by atoms with Crippen molar-refractivity contribution in [1.29, 1.82) is 0 Å². The van der Waals surface area contributed by atoms with E-state index < -0.39 is 12.1 Å². The Kier molecular flexibility index (Phi) is 6.26. The minimum Gasteiger partial charge on any atom is -0.391 e. The molecule has 0 amide bonds. The number of halogens is 4. The third-order valence-electron chi connectivity index (χ3n) is 1.90. The van der Waals surface area contributed by atoms with Crippen molar-refractivity contribution in [2.45, 2.75) is 19.1 Å². The predicted molar refractivity (Wildman–Crippen MR) is 67.3 cm³/mol. The van der Waals surface area contributed by atoms with Crippen LogP contribution in [0.5, 0.6) is 0 Å². The van der Waals surface area contributed by atoms with E-state index >= 15 is 0 Å². The van der Waals surface area contributed by atoms with Crippen molar-refractivity contribution >= 4 is 47.2 Å². The fourth-order valence-corrected chi connectivity index (χ4v) is 1.82. The van der Waals surface area contributed by atoms with Crippen molar-refractivity contribution in [3.63, 3.8) is 0 Å².